The van der Waals surface area contributed by atoms with Crippen molar-refractivity contribution in [3.8, 4) is 0 Å². The molecule has 4 heteroatoms. The summed E-state index contributed by atoms with van der Waals surface area (Å²) in [6.07, 6.45) is 3.09. The number of hydrogen-bond donors (Lipinski definition) is 0. The van der Waals surface area contributed by atoms with Crippen LogP contribution in [0.3, 0.4) is 0 Å². The van der Waals surface area contributed by atoms with Gasteiger partial charge in [0.15, 0.2) is 0 Å². The third-order valence-electron chi connectivity index (χ3n) is 1.83. The van der Waals surface area contributed by atoms with Crippen molar-refractivity contribution in [3.63, 3.8) is 0 Å². The monoisotopic (exact) mass is 279 g/mol. The van der Waals surface area contributed by atoms with Crippen LogP contribution in [0.5, 0.6) is 0 Å². The topological polar surface area (TPSA) is 29.5 Å². The van der Waals surface area contributed by atoms with Crippen LogP contribution >= 0.6 is 15.9 Å². The molecule has 0 rings (SSSR count). The zero-order chi connectivity index (χ0) is 11.9. The summed E-state index contributed by atoms with van der Waals surface area (Å²) in [5.74, 6) is 0. The number of nitrogens with zero attached hydrogens (tertiary/aromatic N) is 1. The lowest BCUT2D eigenvalue weighted by molar-refractivity contribution is 0.0296. The average molecular weight is 280 g/mol. The minimum absolute atomic E-state index is 0.235. The highest BCUT2D eigenvalue weighted by Crippen LogP contribution is 2.09. The second-order valence-electron chi connectivity index (χ2n) is 4.65. The smallest absolute Gasteiger partial charge is 0.410 e. The van der Waals surface area contributed by atoms with Crippen LogP contribution in [0.1, 0.15) is 40.0 Å². The van der Waals surface area contributed by atoms with Crippen molar-refractivity contribution in [2.24, 2.45) is 0 Å². The highest BCUT2D eigenvalue weighted by molar-refractivity contribution is 9.09. The Balaban J connectivity index is 3.70. The molecule has 0 aromatic heterocycles. The van der Waals surface area contributed by atoms with Gasteiger partial charge >= 0.3 is 6.09 Å². The number of ether oxygens (including phenoxy) is 1. The van der Waals surface area contributed by atoms with Crippen LogP contribution in [-0.2, 0) is 4.74 Å². The zero-order valence-corrected chi connectivity index (χ0v) is 11.8. The lowest BCUT2D eigenvalue weighted by atomic mass is 10.2. The fourth-order valence-corrected chi connectivity index (χ4v) is 1.45. The maximum atomic E-state index is 11.5. The van der Waals surface area contributed by atoms with Crippen LogP contribution in [0.2, 0.25) is 0 Å². The molecule has 0 atom stereocenters. The van der Waals surface area contributed by atoms with Crippen LogP contribution in [0, 0.1) is 0 Å². The molecule has 0 saturated heterocycles. The molecule has 0 aliphatic carbocycles. The first-order valence-electron chi connectivity index (χ1n) is 5.37. The Labute approximate surface area is 101 Å². The molecule has 0 heterocycles. The van der Waals surface area contributed by atoms with E-state index >= 15 is 0 Å². The van der Waals surface area contributed by atoms with Gasteiger partial charge in [-0.25, -0.2) is 4.79 Å². The van der Waals surface area contributed by atoms with Gasteiger partial charge in [0, 0.05) is 18.9 Å². The first-order valence-corrected chi connectivity index (χ1v) is 6.49. The second kappa shape index (κ2) is 7.09. The molecule has 0 aromatic carbocycles. The number of rotatable bonds is 5. The minimum Gasteiger partial charge on any atom is -0.444 e. The molecule has 90 valence electrons. The van der Waals surface area contributed by atoms with Crippen LogP contribution in [0.25, 0.3) is 0 Å². The van der Waals surface area contributed by atoms with Crippen LogP contribution in [0.15, 0.2) is 0 Å². The van der Waals surface area contributed by atoms with Gasteiger partial charge in [0.05, 0.1) is 0 Å². The van der Waals surface area contributed by atoms with Gasteiger partial charge in [-0.1, -0.05) is 22.4 Å². The molecule has 0 aliphatic heterocycles. The van der Waals surface area contributed by atoms with Gasteiger partial charge < -0.3 is 9.64 Å². The maximum Gasteiger partial charge on any atom is 0.410 e. The minimum atomic E-state index is -0.402. The van der Waals surface area contributed by atoms with Crippen molar-refractivity contribution in [1.29, 1.82) is 0 Å². The molecule has 1 amide bonds. The van der Waals surface area contributed by atoms with Gasteiger partial charge in [0.25, 0.3) is 0 Å². The molecular weight excluding hydrogens is 258 g/mol. The quantitative estimate of drug-likeness (QED) is 0.570. The molecule has 0 aromatic rings. The van der Waals surface area contributed by atoms with Crippen molar-refractivity contribution in [3.05, 3.63) is 0 Å². The van der Waals surface area contributed by atoms with E-state index in [9.17, 15) is 4.79 Å². The molecule has 3 nitrogen and oxygen atoms in total. The highest BCUT2D eigenvalue weighted by Gasteiger charge is 2.18. The fraction of sp³-hybridized carbons (Fsp3) is 0.909. The third kappa shape index (κ3) is 8.73. The molecule has 0 bridgehead atoms. The van der Waals surface area contributed by atoms with Crippen molar-refractivity contribution in [2.75, 3.05) is 18.9 Å². The largest absolute Gasteiger partial charge is 0.444 e. The Morgan fingerprint density at radius 3 is 2.33 bits per heavy atom. The van der Waals surface area contributed by atoms with E-state index in [4.69, 9.17) is 4.74 Å². The van der Waals surface area contributed by atoms with Gasteiger partial charge in [0.1, 0.15) is 5.60 Å². The Morgan fingerprint density at radius 1 is 1.27 bits per heavy atom. The predicted octanol–water partition coefficient (Wildman–Crippen LogP) is 3.42. The van der Waals surface area contributed by atoms with Crippen molar-refractivity contribution >= 4 is 22.0 Å². The molecule has 15 heavy (non-hydrogen) atoms. The summed E-state index contributed by atoms with van der Waals surface area (Å²) in [4.78, 5) is 13.2. The average Bonchev–Trinajstić information content (AvgIpc) is 2.09. The number of alkyl halides is 1. The summed E-state index contributed by atoms with van der Waals surface area (Å²) in [6, 6.07) is 0. The zero-order valence-electron chi connectivity index (χ0n) is 10.2. The van der Waals surface area contributed by atoms with E-state index in [1.165, 1.54) is 0 Å². The molecule has 0 aliphatic rings. The molecule has 0 unspecified atom stereocenters. The first kappa shape index (κ1) is 14.8. The van der Waals surface area contributed by atoms with Crippen molar-refractivity contribution in [2.45, 2.75) is 45.6 Å². The second-order valence-corrected chi connectivity index (χ2v) is 5.44. The molecule has 0 spiro atoms. The van der Waals surface area contributed by atoms with Crippen LogP contribution in [-0.4, -0.2) is 35.5 Å². The Hall–Kier alpha value is -0.250. The molecule has 0 N–H and O–H groups in total. The van der Waals surface area contributed by atoms with E-state index in [1.807, 2.05) is 20.8 Å². The van der Waals surface area contributed by atoms with E-state index in [2.05, 4.69) is 15.9 Å². The Bertz CT molecular complexity index is 190. The molecule has 0 fully saturated rings. The van der Waals surface area contributed by atoms with Crippen LogP contribution < -0.4 is 0 Å². The summed E-state index contributed by atoms with van der Waals surface area (Å²) in [6.45, 7) is 6.40. The third-order valence-corrected chi connectivity index (χ3v) is 2.39. The van der Waals surface area contributed by atoms with Crippen LogP contribution in [0.4, 0.5) is 4.79 Å². The molecule has 0 radical (unpaired) electrons. The predicted molar refractivity (Wildman–Crippen MR) is 66.5 cm³/mol. The van der Waals surface area contributed by atoms with Gasteiger partial charge in [-0.3, -0.25) is 0 Å². The van der Waals surface area contributed by atoms with Gasteiger partial charge in [0.2, 0.25) is 0 Å². The number of carbonyl (C=O) groups excluding carboxylic acids is 1. The summed E-state index contributed by atoms with van der Waals surface area (Å²) >= 11 is 3.38. The van der Waals surface area contributed by atoms with Crippen molar-refractivity contribution < 1.29 is 9.53 Å². The van der Waals surface area contributed by atoms with Gasteiger partial charge in [-0.05, 0) is 33.6 Å². The Kier molecular flexibility index (Phi) is 6.98. The van der Waals surface area contributed by atoms with Crippen molar-refractivity contribution in [1.82, 2.24) is 4.90 Å². The SMILES string of the molecule is CN(CCCCCBr)C(=O)OC(C)(C)C. The van der Waals surface area contributed by atoms with Gasteiger partial charge in [-0.2, -0.15) is 0 Å². The summed E-state index contributed by atoms with van der Waals surface area (Å²) in [5, 5.41) is 1.03. The van der Waals surface area contributed by atoms with E-state index < -0.39 is 5.60 Å². The summed E-state index contributed by atoms with van der Waals surface area (Å²) in [7, 11) is 1.78. The fourth-order valence-electron chi connectivity index (χ4n) is 1.05. The summed E-state index contributed by atoms with van der Waals surface area (Å²) < 4.78 is 5.23. The Morgan fingerprint density at radius 2 is 1.87 bits per heavy atom. The summed E-state index contributed by atoms with van der Waals surface area (Å²) in [5.41, 5.74) is -0.402. The normalized spacial score (nSPS) is 11.3. The molecule has 0 saturated carbocycles. The lowest BCUT2D eigenvalue weighted by Crippen LogP contribution is -2.34. The first-order chi connectivity index (χ1) is 6.87. The van der Waals surface area contributed by atoms with E-state index in [0.717, 1.165) is 31.1 Å². The molecular formula is C11H22BrNO2. The van der Waals surface area contributed by atoms with E-state index in [1.54, 1.807) is 11.9 Å². The number of amides is 1. The van der Waals surface area contributed by atoms with E-state index in [0.29, 0.717) is 0 Å². The number of unbranched alkanes of at least 4 members (excludes halogenated alkanes) is 2. The maximum absolute atomic E-state index is 11.5. The number of carbonyl (C=O) groups is 1. The van der Waals surface area contributed by atoms with E-state index in [-0.39, 0.29) is 6.09 Å². The number of hydrogen-bond acceptors (Lipinski definition) is 2. The lowest BCUT2D eigenvalue weighted by Gasteiger charge is -2.24. The number of halogens is 1. The highest BCUT2D eigenvalue weighted by atomic mass is 79.9. The van der Waals surface area contributed by atoms with Gasteiger partial charge in [-0.15, -0.1) is 0 Å². The standard InChI is InChI=1S/C11H22BrNO2/c1-11(2,3)15-10(14)13(4)9-7-5-6-8-12/h5-9H2,1-4H3.